The lowest BCUT2D eigenvalue weighted by Gasteiger charge is -2.17. The molecule has 7 heteroatoms. The Morgan fingerprint density at radius 3 is 2.86 bits per heavy atom. The highest BCUT2D eigenvalue weighted by atomic mass is 32.1. The van der Waals surface area contributed by atoms with Crippen molar-refractivity contribution in [3.8, 4) is 0 Å². The number of rotatable bonds is 6. The van der Waals surface area contributed by atoms with Crippen LogP contribution in [0.2, 0.25) is 0 Å². The quantitative estimate of drug-likeness (QED) is 0.762. The van der Waals surface area contributed by atoms with Crippen molar-refractivity contribution in [2.45, 2.75) is 45.9 Å². The molecule has 0 aromatic carbocycles. The maximum Gasteiger partial charge on any atom is 0.315 e. The van der Waals surface area contributed by atoms with Gasteiger partial charge in [0.05, 0.1) is 23.5 Å². The average Bonchev–Trinajstić information content (AvgIpc) is 3.06. The second-order valence-corrected chi connectivity index (χ2v) is 6.64. The maximum atomic E-state index is 11.9. The molecule has 2 rings (SSSR count). The van der Waals surface area contributed by atoms with Crippen molar-refractivity contribution in [1.29, 1.82) is 0 Å². The summed E-state index contributed by atoms with van der Waals surface area (Å²) < 4.78 is 5.14. The first kappa shape index (κ1) is 16.5. The molecule has 2 unspecified atom stereocenters. The van der Waals surface area contributed by atoms with Crippen LogP contribution in [-0.2, 0) is 6.54 Å². The number of aliphatic hydroxyl groups is 1. The fourth-order valence-corrected chi connectivity index (χ4v) is 3.00. The van der Waals surface area contributed by atoms with Crippen LogP contribution >= 0.6 is 11.3 Å². The van der Waals surface area contributed by atoms with Gasteiger partial charge in [-0.1, -0.05) is 0 Å². The number of hydrogen-bond donors (Lipinski definition) is 3. The summed E-state index contributed by atoms with van der Waals surface area (Å²) in [4.78, 5) is 17.3. The molecule has 0 saturated heterocycles. The Bertz CT molecular complexity index is 610. The number of nitrogens with zero attached hydrogens (tertiary/aromatic N) is 1. The molecule has 22 heavy (non-hydrogen) atoms. The zero-order valence-corrected chi connectivity index (χ0v) is 13.7. The monoisotopic (exact) mass is 323 g/mol. The minimum absolute atomic E-state index is 0.182. The highest BCUT2D eigenvalue weighted by molar-refractivity contribution is 7.11. The van der Waals surface area contributed by atoms with Gasteiger partial charge in [0.25, 0.3) is 0 Å². The van der Waals surface area contributed by atoms with Gasteiger partial charge >= 0.3 is 6.03 Å². The lowest BCUT2D eigenvalue weighted by Crippen LogP contribution is -2.41. The van der Waals surface area contributed by atoms with Crippen molar-refractivity contribution < 1.29 is 14.3 Å². The molecule has 0 bridgehead atoms. The van der Waals surface area contributed by atoms with Gasteiger partial charge in [0, 0.05) is 17.3 Å². The molecule has 0 fully saturated rings. The van der Waals surface area contributed by atoms with E-state index in [1.807, 2.05) is 20.8 Å². The van der Waals surface area contributed by atoms with Gasteiger partial charge in [-0.05, 0) is 32.9 Å². The van der Waals surface area contributed by atoms with Crippen molar-refractivity contribution >= 4 is 17.4 Å². The number of thiazole rings is 1. The van der Waals surface area contributed by atoms with Gasteiger partial charge in [-0.15, -0.1) is 11.3 Å². The highest BCUT2D eigenvalue weighted by Crippen LogP contribution is 2.18. The Balaban J connectivity index is 1.75. The topological polar surface area (TPSA) is 87.4 Å². The molecule has 3 N–H and O–H groups in total. The smallest absolute Gasteiger partial charge is 0.315 e. The number of carbonyl (C=O) groups is 1. The minimum atomic E-state index is -0.728. The van der Waals surface area contributed by atoms with E-state index in [-0.39, 0.29) is 12.1 Å². The molecule has 0 aliphatic carbocycles. The van der Waals surface area contributed by atoms with Crippen molar-refractivity contribution in [2.24, 2.45) is 0 Å². The van der Waals surface area contributed by atoms with Crippen LogP contribution in [0.4, 0.5) is 4.79 Å². The molecule has 120 valence electrons. The molecule has 2 aromatic rings. The third-order valence-corrected chi connectivity index (χ3v) is 4.17. The van der Waals surface area contributed by atoms with E-state index in [0.717, 1.165) is 15.6 Å². The molecule has 0 aliphatic heterocycles. The summed E-state index contributed by atoms with van der Waals surface area (Å²) in [6.07, 6.45) is 1.17. The number of furan rings is 1. The summed E-state index contributed by atoms with van der Waals surface area (Å²) in [7, 11) is 0. The van der Waals surface area contributed by atoms with E-state index in [0.29, 0.717) is 18.7 Å². The lowest BCUT2D eigenvalue weighted by atomic mass is 10.1. The van der Waals surface area contributed by atoms with Crippen LogP contribution in [-0.4, -0.2) is 22.2 Å². The molecular weight excluding hydrogens is 302 g/mol. The summed E-state index contributed by atoms with van der Waals surface area (Å²) in [5, 5.41) is 16.5. The molecule has 2 atom stereocenters. The second-order valence-electron chi connectivity index (χ2n) is 5.23. The predicted molar refractivity (Wildman–Crippen MR) is 84.7 cm³/mol. The molecule has 2 heterocycles. The van der Waals surface area contributed by atoms with Gasteiger partial charge in [0.2, 0.25) is 0 Å². The number of amides is 2. The molecule has 6 nitrogen and oxygen atoms in total. The zero-order chi connectivity index (χ0) is 16.1. The van der Waals surface area contributed by atoms with Crippen molar-refractivity contribution in [2.75, 3.05) is 0 Å². The minimum Gasteiger partial charge on any atom is -0.467 e. The zero-order valence-electron chi connectivity index (χ0n) is 12.9. The molecule has 2 aromatic heterocycles. The van der Waals surface area contributed by atoms with Crippen LogP contribution in [0.1, 0.15) is 40.8 Å². The first-order valence-electron chi connectivity index (χ1n) is 7.14. The molecular formula is C15H21N3O3S. The van der Waals surface area contributed by atoms with Crippen LogP contribution in [0, 0.1) is 13.8 Å². The Morgan fingerprint density at radius 2 is 2.27 bits per heavy atom. The van der Waals surface area contributed by atoms with Crippen molar-refractivity contribution in [1.82, 2.24) is 15.6 Å². The Morgan fingerprint density at radius 1 is 1.50 bits per heavy atom. The van der Waals surface area contributed by atoms with Gasteiger partial charge in [0.15, 0.2) is 0 Å². The number of carbonyl (C=O) groups excluding carboxylic acids is 1. The van der Waals surface area contributed by atoms with Crippen LogP contribution in [0.5, 0.6) is 0 Å². The van der Waals surface area contributed by atoms with Crippen molar-refractivity contribution in [3.05, 3.63) is 39.7 Å². The Kier molecular flexibility index (Phi) is 5.57. The van der Waals surface area contributed by atoms with Gasteiger partial charge in [0.1, 0.15) is 11.9 Å². The second kappa shape index (κ2) is 7.42. The van der Waals surface area contributed by atoms with Gasteiger partial charge in [-0.3, -0.25) is 0 Å². The fraction of sp³-hybridized carbons (Fsp3) is 0.467. The summed E-state index contributed by atoms with van der Waals surface area (Å²) in [6, 6.07) is 2.98. The first-order valence-corrected chi connectivity index (χ1v) is 7.96. The third-order valence-electron chi connectivity index (χ3n) is 3.24. The van der Waals surface area contributed by atoms with E-state index in [1.165, 1.54) is 6.26 Å². The maximum absolute atomic E-state index is 11.9. The summed E-state index contributed by atoms with van der Waals surface area (Å²) in [5.74, 6) is 0.502. The molecule has 2 amide bonds. The predicted octanol–water partition coefficient (Wildman–Crippen LogP) is 2.66. The lowest BCUT2D eigenvalue weighted by molar-refractivity contribution is 0.129. The van der Waals surface area contributed by atoms with E-state index in [2.05, 4.69) is 15.6 Å². The van der Waals surface area contributed by atoms with Crippen LogP contribution < -0.4 is 10.6 Å². The number of urea groups is 1. The number of nitrogens with one attached hydrogen (secondary N) is 2. The van der Waals surface area contributed by atoms with E-state index in [9.17, 15) is 9.90 Å². The Hall–Kier alpha value is -1.86. The van der Waals surface area contributed by atoms with E-state index in [4.69, 9.17) is 4.42 Å². The summed E-state index contributed by atoms with van der Waals surface area (Å²) in [5.41, 5.74) is 0.890. The SMILES string of the molecule is Cc1nc(CNC(=O)NC(C)CC(O)c2ccco2)c(C)s1. The standard InChI is InChI=1S/C15H21N3O3S/c1-9(7-13(19)14-5-4-6-21-14)17-15(20)16-8-12-10(2)22-11(3)18-12/h4-6,9,13,19H,7-8H2,1-3H3,(H2,16,17,20). The third kappa shape index (κ3) is 4.57. The molecule has 0 aliphatic rings. The molecule has 0 radical (unpaired) electrons. The fourth-order valence-electron chi connectivity index (χ4n) is 2.17. The number of aryl methyl sites for hydroxylation is 2. The number of hydrogen-bond acceptors (Lipinski definition) is 5. The average molecular weight is 323 g/mol. The first-order chi connectivity index (χ1) is 10.5. The summed E-state index contributed by atoms with van der Waals surface area (Å²) >= 11 is 1.62. The van der Waals surface area contributed by atoms with E-state index in [1.54, 1.807) is 23.5 Å². The van der Waals surface area contributed by atoms with Crippen LogP contribution in [0.15, 0.2) is 22.8 Å². The van der Waals surface area contributed by atoms with E-state index >= 15 is 0 Å². The van der Waals surface area contributed by atoms with Crippen molar-refractivity contribution in [3.63, 3.8) is 0 Å². The largest absolute Gasteiger partial charge is 0.467 e. The van der Waals surface area contributed by atoms with Gasteiger partial charge < -0.3 is 20.2 Å². The molecule has 0 spiro atoms. The number of aromatic nitrogens is 1. The highest BCUT2D eigenvalue weighted by Gasteiger charge is 2.16. The number of aliphatic hydroxyl groups excluding tert-OH is 1. The Labute approximate surface area is 133 Å². The van der Waals surface area contributed by atoms with E-state index < -0.39 is 6.10 Å². The normalized spacial score (nSPS) is 13.6. The van der Waals surface area contributed by atoms with Gasteiger partial charge in [-0.2, -0.15) is 0 Å². The van der Waals surface area contributed by atoms with Crippen LogP contribution in [0.25, 0.3) is 0 Å². The van der Waals surface area contributed by atoms with Crippen LogP contribution in [0.3, 0.4) is 0 Å². The van der Waals surface area contributed by atoms with Gasteiger partial charge in [-0.25, -0.2) is 9.78 Å². The summed E-state index contributed by atoms with van der Waals surface area (Å²) in [6.45, 7) is 6.17. The molecule has 0 saturated carbocycles.